The second-order valence-electron chi connectivity index (χ2n) is 2.76. The van der Waals surface area contributed by atoms with Gasteiger partial charge in [-0.1, -0.05) is 0 Å². The Bertz CT molecular complexity index is 389. The molecular weight excluding hydrogens is 252 g/mol. The lowest BCUT2D eigenvalue weighted by molar-refractivity contribution is 0.111. The first-order valence-corrected chi connectivity index (χ1v) is 4.79. The minimum atomic E-state index is -0.0304. The second kappa shape index (κ2) is 3.49. The zero-order valence-electron chi connectivity index (χ0n) is 7.12. The average Bonchev–Trinajstić information content (AvgIpc) is 2.18. The van der Waals surface area contributed by atoms with Gasteiger partial charge in [0, 0.05) is 4.47 Å². The monoisotopic (exact) mass is 258 g/mol. The maximum absolute atomic E-state index is 10.8. The first-order chi connectivity index (χ1) is 6.74. The minimum absolute atomic E-state index is 0.0304. The van der Waals surface area contributed by atoms with E-state index in [1.807, 2.05) is 0 Å². The van der Waals surface area contributed by atoms with E-state index in [1.54, 1.807) is 0 Å². The van der Waals surface area contributed by atoms with Crippen LogP contribution in [0.2, 0.25) is 0 Å². The Labute approximate surface area is 88.6 Å². The van der Waals surface area contributed by atoms with Crippen LogP contribution in [0.15, 0.2) is 10.5 Å². The fraction of sp³-hybridized carbons (Fsp3) is 0.222. The van der Waals surface area contributed by atoms with E-state index in [-0.39, 0.29) is 11.5 Å². The molecule has 1 aliphatic heterocycles. The van der Waals surface area contributed by atoms with Crippen LogP contribution in [0.3, 0.4) is 0 Å². The van der Waals surface area contributed by atoms with Crippen LogP contribution in [0.5, 0.6) is 17.2 Å². The first kappa shape index (κ1) is 9.33. The minimum Gasteiger partial charge on any atom is -0.504 e. The van der Waals surface area contributed by atoms with E-state index in [9.17, 15) is 9.90 Å². The topological polar surface area (TPSA) is 55.8 Å². The molecule has 0 aliphatic carbocycles. The molecule has 1 heterocycles. The number of aromatic hydroxyl groups is 1. The summed E-state index contributed by atoms with van der Waals surface area (Å²) in [5, 5.41) is 9.51. The maximum atomic E-state index is 10.8. The van der Waals surface area contributed by atoms with E-state index in [4.69, 9.17) is 9.47 Å². The summed E-state index contributed by atoms with van der Waals surface area (Å²) in [7, 11) is 0. The van der Waals surface area contributed by atoms with Crippen molar-refractivity contribution in [1.82, 2.24) is 0 Å². The summed E-state index contributed by atoms with van der Waals surface area (Å²) in [5.41, 5.74) is 0.359. The Morgan fingerprint density at radius 2 is 2.00 bits per heavy atom. The summed E-state index contributed by atoms with van der Waals surface area (Å²) in [6.45, 7) is 0.754. The average molecular weight is 259 g/mol. The van der Waals surface area contributed by atoms with Crippen molar-refractivity contribution in [3.8, 4) is 17.2 Å². The number of benzene rings is 1. The number of phenols is 1. The Morgan fingerprint density at radius 3 is 2.64 bits per heavy atom. The molecule has 5 heteroatoms. The first-order valence-electron chi connectivity index (χ1n) is 4.00. The highest BCUT2D eigenvalue weighted by Crippen LogP contribution is 2.44. The van der Waals surface area contributed by atoms with Gasteiger partial charge in [-0.15, -0.1) is 0 Å². The third-order valence-electron chi connectivity index (χ3n) is 1.90. The molecule has 0 saturated heterocycles. The van der Waals surface area contributed by atoms with Crippen LogP contribution < -0.4 is 9.47 Å². The lowest BCUT2D eigenvalue weighted by Crippen LogP contribution is -2.16. The number of rotatable bonds is 1. The fourth-order valence-electron chi connectivity index (χ4n) is 1.29. The highest BCUT2D eigenvalue weighted by molar-refractivity contribution is 9.10. The zero-order chi connectivity index (χ0) is 10.1. The second-order valence-corrected chi connectivity index (χ2v) is 3.62. The predicted octanol–water partition coefficient (Wildman–Crippen LogP) is 1.74. The summed E-state index contributed by atoms with van der Waals surface area (Å²) >= 11 is 3.16. The van der Waals surface area contributed by atoms with Crippen molar-refractivity contribution >= 4 is 22.2 Å². The Morgan fingerprint density at radius 1 is 1.36 bits per heavy atom. The van der Waals surface area contributed by atoms with E-state index in [1.165, 1.54) is 6.07 Å². The molecule has 0 aromatic heterocycles. The number of phenolic OH excluding ortho intramolecular Hbond substituents is 1. The summed E-state index contributed by atoms with van der Waals surface area (Å²) in [5.74, 6) is 0.511. The highest BCUT2D eigenvalue weighted by atomic mass is 79.9. The number of carbonyl (C=O) groups is 1. The number of hydrogen-bond acceptors (Lipinski definition) is 4. The summed E-state index contributed by atoms with van der Waals surface area (Å²) < 4.78 is 11.0. The third-order valence-corrected chi connectivity index (χ3v) is 2.55. The SMILES string of the molecule is O=Cc1c(Br)cc(O)c2c1OCCO2. The molecule has 2 rings (SSSR count). The molecule has 0 saturated carbocycles. The van der Waals surface area contributed by atoms with Gasteiger partial charge in [0.15, 0.2) is 17.8 Å². The molecule has 0 spiro atoms. The van der Waals surface area contributed by atoms with Gasteiger partial charge >= 0.3 is 0 Å². The van der Waals surface area contributed by atoms with Crippen molar-refractivity contribution < 1.29 is 19.4 Å². The molecule has 1 aromatic rings. The van der Waals surface area contributed by atoms with Crippen LogP contribution in [0.1, 0.15) is 10.4 Å². The number of carbonyl (C=O) groups excluding carboxylic acids is 1. The van der Waals surface area contributed by atoms with Gasteiger partial charge in [-0.05, 0) is 22.0 Å². The number of fused-ring (bicyclic) bond motifs is 1. The molecule has 0 bridgehead atoms. The predicted molar refractivity (Wildman–Crippen MR) is 52.2 cm³/mol. The summed E-state index contributed by atoms with van der Waals surface area (Å²) in [4.78, 5) is 10.8. The van der Waals surface area contributed by atoms with Gasteiger partial charge in [0.25, 0.3) is 0 Å². The fourth-order valence-corrected chi connectivity index (χ4v) is 1.78. The molecule has 14 heavy (non-hydrogen) atoms. The zero-order valence-corrected chi connectivity index (χ0v) is 8.70. The number of halogens is 1. The van der Waals surface area contributed by atoms with Crippen molar-refractivity contribution in [2.45, 2.75) is 0 Å². The van der Waals surface area contributed by atoms with Crippen molar-refractivity contribution in [1.29, 1.82) is 0 Å². The highest BCUT2D eigenvalue weighted by Gasteiger charge is 2.22. The van der Waals surface area contributed by atoms with Crippen LogP contribution >= 0.6 is 15.9 Å². The van der Waals surface area contributed by atoms with Gasteiger partial charge in [0.1, 0.15) is 13.2 Å². The van der Waals surface area contributed by atoms with Crippen LogP contribution in [0.25, 0.3) is 0 Å². The van der Waals surface area contributed by atoms with Crippen molar-refractivity contribution in [2.24, 2.45) is 0 Å². The van der Waals surface area contributed by atoms with Gasteiger partial charge in [0.05, 0.1) is 5.56 Å². The van der Waals surface area contributed by atoms with Gasteiger partial charge in [-0.3, -0.25) is 4.79 Å². The Balaban J connectivity index is 2.67. The van der Waals surface area contributed by atoms with Crippen LogP contribution in [-0.4, -0.2) is 24.6 Å². The van der Waals surface area contributed by atoms with Gasteiger partial charge in [-0.2, -0.15) is 0 Å². The molecule has 0 fully saturated rings. The van der Waals surface area contributed by atoms with Crippen molar-refractivity contribution in [3.63, 3.8) is 0 Å². The lowest BCUT2D eigenvalue weighted by Gasteiger charge is -2.20. The van der Waals surface area contributed by atoms with Gasteiger partial charge < -0.3 is 14.6 Å². The van der Waals surface area contributed by atoms with Crippen molar-refractivity contribution in [3.05, 3.63) is 16.1 Å². The molecule has 1 aliphatic rings. The molecule has 0 atom stereocenters. The van der Waals surface area contributed by atoms with E-state index in [0.717, 1.165) is 0 Å². The molecule has 0 amide bonds. The molecule has 4 nitrogen and oxygen atoms in total. The number of hydrogen-bond donors (Lipinski definition) is 1. The molecule has 1 N–H and O–H groups in total. The molecule has 1 aromatic carbocycles. The van der Waals surface area contributed by atoms with E-state index >= 15 is 0 Å². The van der Waals surface area contributed by atoms with E-state index in [2.05, 4.69) is 15.9 Å². The van der Waals surface area contributed by atoms with E-state index < -0.39 is 0 Å². The number of aldehydes is 1. The van der Waals surface area contributed by atoms with Gasteiger partial charge in [0.2, 0.25) is 5.75 Å². The van der Waals surface area contributed by atoms with Gasteiger partial charge in [-0.25, -0.2) is 0 Å². The Hall–Kier alpha value is -1.23. The maximum Gasteiger partial charge on any atom is 0.204 e. The van der Waals surface area contributed by atoms with E-state index in [0.29, 0.717) is 35.3 Å². The Kier molecular flexibility index (Phi) is 2.33. The third kappa shape index (κ3) is 1.33. The van der Waals surface area contributed by atoms with Crippen molar-refractivity contribution in [2.75, 3.05) is 13.2 Å². The standard InChI is InChI=1S/C9H7BrO4/c10-6-3-7(12)9-8(5(6)4-11)13-1-2-14-9/h3-4,12H,1-2H2. The van der Waals surface area contributed by atoms with Crippen LogP contribution in [0.4, 0.5) is 0 Å². The lowest BCUT2D eigenvalue weighted by atomic mass is 10.2. The summed E-state index contributed by atoms with van der Waals surface area (Å²) in [6, 6.07) is 1.41. The quantitative estimate of drug-likeness (QED) is 0.780. The molecule has 74 valence electrons. The normalized spacial score (nSPS) is 13.8. The van der Waals surface area contributed by atoms with Crippen LogP contribution in [0, 0.1) is 0 Å². The smallest absolute Gasteiger partial charge is 0.204 e. The summed E-state index contributed by atoms with van der Waals surface area (Å²) in [6.07, 6.45) is 0.664. The molecule has 0 unspecified atom stereocenters. The molecule has 0 radical (unpaired) electrons. The molecular formula is C9H7BrO4. The largest absolute Gasteiger partial charge is 0.504 e. The number of ether oxygens (including phenoxy) is 2. The van der Waals surface area contributed by atoms with Crippen LogP contribution in [-0.2, 0) is 0 Å².